The Bertz CT molecular complexity index is 385. The van der Waals surface area contributed by atoms with Crippen LogP contribution in [-0.4, -0.2) is 21.3 Å². The van der Waals surface area contributed by atoms with E-state index in [-0.39, 0.29) is 11.5 Å². The van der Waals surface area contributed by atoms with Gasteiger partial charge in [0, 0.05) is 6.04 Å². The second kappa shape index (κ2) is 5.48. The van der Waals surface area contributed by atoms with E-state index in [0.717, 1.165) is 5.56 Å². The molecule has 0 saturated carbocycles. The van der Waals surface area contributed by atoms with Crippen LogP contribution in [0.2, 0.25) is 0 Å². The fourth-order valence-corrected chi connectivity index (χ4v) is 1.78. The first kappa shape index (κ1) is 14.6. The van der Waals surface area contributed by atoms with Gasteiger partial charge in [0.1, 0.15) is 0 Å². The van der Waals surface area contributed by atoms with Gasteiger partial charge in [-0.3, -0.25) is 0 Å². The van der Waals surface area contributed by atoms with E-state index in [0.29, 0.717) is 17.2 Å². The van der Waals surface area contributed by atoms with Crippen molar-refractivity contribution >= 4 is 0 Å². The summed E-state index contributed by atoms with van der Waals surface area (Å²) in [5, 5.41) is 0. The van der Waals surface area contributed by atoms with Gasteiger partial charge >= 0.3 is 0 Å². The Kier molecular flexibility index (Phi) is 4.46. The molecule has 1 rings (SSSR count). The fraction of sp³-hybridized carbons (Fsp3) is 0.571. The lowest BCUT2D eigenvalue weighted by atomic mass is 9.83. The number of ether oxygens (including phenoxy) is 3. The first-order valence-corrected chi connectivity index (χ1v) is 5.90. The molecule has 1 aromatic carbocycles. The summed E-state index contributed by atoms with van der Waals surface area (Å²) in [6, 6.07) is 3.69. The fourth-order valence-electron chi connectivity index (χ4n) is 1.78. The Labute approximate surface area is 109 Å². The second-order valence-electron chi connectivity index (χ2n) is 5.30. The molecule has 0 fully saturated rings. The lowest BCUT2D eigenvalue weighted by Crippen LogP contribution is -2.26. The minimum Gasteiger partial charge on any atom is -0.493 e. The van der Waals surface area contributed by atoms with E-state index < -0.39 is 0 Å². The molecule has 4 heteroatoms. The van der Waals surface area contributed by atoms with E-state index in [1.165, 1.54) is 0 Å². The predicted molar refractivity (Wildman–Crippen MR) is 72.5 cm³/mol. The maximum Gasteiger partial charge on any atom is 0.203 e. The molecule has 102 valence electrons. The third-order valence-corrected chi connectivity index (χ3v) is 2.98. The second-order valence-corrected chi connectivity index (χ2v) is 5.30. The van der Waals surface area contributed by atoms with Crippen LogP contribution in [0.4, 0.5) is 0 Å². The van der Waals surface area contributed by atoms with Crippen LogP contribution in [0.1, 0.15) is 32.4 Å². The van der Waals surface area contributed by atoms with Crippen molar-refractivity contribution in [2.45, 2.75) is 26.8 Å². The monoisotopic (exact) mass is 253 g/mol. The van der Waals surface area contributed by atoms with E-state index in [1.807, 2.05) is 12.1 Å². The summed E-state index contributed by atoms with van der Waals surface area (Å²) in [4.78, 5) is 0. The molecule has 0 aliphatic heterocycles. The standard InChI is InChI=1S/C14H23NO3/c1-14(2,3)13(15)9-7-10(16-4)12(18-6)11(8-9)17-5/h7-8,13H,15H2,1-6H3. The lowest BCUT2D eigenvalue weighted by molar-refractivity contribution is 0.311. The van der Waals surface area contributed by atoms with Crippen molar-refractivity contribution in [2.24, 2.45) is 11.1 Å². The highest BCUT2D eigenvalue weighted by atomic mass is 16.5. The molecule has 0 heterocycles. The van der Waals surface area contributed by atoms with Crippen molar-refractivity contribution < 1.29 is 14.2 Å². The van der Waals surface area contributed by atoms with Crippen molar-refractivity contribution in [1.29, 1.82) is 0 Å². The van der Waals surface area contributed by atoms with Gasteiger partial charge < -0.3 is 19.9 Å². The number of hydrogen-bond acceptors (Lipinski definition) is 4. The van der Waals surface area contributed by atoms with Gasteiger partial charge in [-0.15, -0.1) is 0 Å². The van der Waals surface area contributed by atoms with Crippen molar-refractivity contribution in [3.8, 4) is 17.2 Å². The SMILES string of the molecule is COc1cc(C(N)C(C)(C)C)cc(OC)c1OC. The number of benzene rings is 1. The molecule has 0 aromatic heterocycles. The summed E-state index contributed by atoms with van der Waals surface area (Å²) >= 11 is 0. The number of nitrogens with two attached hydrogens (primary N) is 1. The molecule has 0 spiro atoms. The van der Waals surface area contributed by atoms with Crippen LogP contribution in [0, 0.1) is 5.41 Å². The normalized spacial score (nSPS) is 13.1. The van der Waals surface area contributed by atoms with Crippen molar-refractivity contribution in [3.05, 3.63) is 17.7 Å². The highest BCUT2D eigenvalue weighted by molar-refractivity contribution is 5.54. The largest absolute Gasteiger partial charge is 0.493 e. The van der Waals surface area contributed by atoms with E-state index in [2.05, 4.69) is 20.8 Å². The van der Waals surface area contributed by atoms with Gasteiger partial charge in [-0.2, -0.15) is 0 Å². The molecule has 0 aliphatic rings. The Morgan fingerprint density at radius 2 is 1.39 bits per heavy atom. The third kappa shape index (κ3) is 2.88. The van der Waals surface area contributed by atoms with Crippen LogP contribution in [0.5, 0.6) is 17.2 Å². The molecular formula is C14H23NO3. The van der Waals surface area contributed by atoms with Gasteiger partial charge in [-0.25, -0.2) is 0 Å². The van der Waals surface area contributed by atoms with Gasteiger partial charge in [-0.05, 0) is 23.1 Å². The summed E-state index contributed by atoms with van der Waals surface area (Å²) in [5.74, 6) is 1.85. The van der Waals surface area contributed by atoms with Crippen LogP contribution in [0.25, 0.3) is 0 Å². The zero-order chi connectivity index (χ0) is 13.9. The van der Waals surface area contributed by atoms with Crippen LogP contribution in [-0.2, 0) is 0 Å². The summed E-state index contributed by atoms with van der Waals surface area (Å²) in [6.07, 6.45) is 0. The maximum absolute atomic E-state index is 6.26. The van der Waals surface area contributed by atoms with Gasteiger partial charge in [-0.1, -0.05) is 20.8 Å². The summed E-state index contributed by atoms with van der Waals surface area (Å²) in [6.45, 7) is 6.29. The number of methoxy groups -OCH3 is 3. The highest BCUT2D eigenvalue weighted by Gasteiger charge is 2.25. The van der Waals surface area contributed by atoms with E-state index in [4.69, 9.17) is 19.9 Å². The molecule has 1 unspecified atom stereocenters. The van der Waals surface area contributed by atoms with Crippen LogP contribution < -0.4 is 19.9 Å². The first-order chi connectivity index (χ1) is 8.35. The molecule has 18 heavy (non-hydrogen) atoms. The smallest absolute Gasteiger partial charge is 0.203 e. The van der Waals surface area contributed by atoms with Crippen LogP contribution in [0.15, 0.2) is 12.1 Å². The number of rotatable bonds is 4. The van der Waals surface area contributed by atoms with E-state index in [9.17, 15) is 0 Å². The van der Waals surface area contributed by atoms with Crippen molar-refractivity contribution in [2.75, 3.05) is 21.3 Å². The van der Waals surface area contributed by atoms with Crippen molar-refractivity contribution in [3.63, 3.8) is 0 Å². The molecular weight excluding hydrogens is 230 g/mol. The van der Waals surface area contributed by atoms with Gasteiger partial charge in [0.15, 0.2) is 11.5 Å². The van der Waals surface area contributed by atoms with Gasteiger partial charge in [0.05, 0.1) is 21.3 Å². The molecule has 2 N–H and O–H groups in total. The highest BCUT2D eigenvalue weighted by Crippen LogP contribution is 2.42. The molecule has 0 bridgehead atoms. The third-order valence-electron chi connectivity index (χ3n) is 2.98. The minimum absolute atomic E-state index is 0.0371. The summed E-state index contributed by atoms with van der Waals surface area (Å²) in [7, 11) is 4.79. The van der Waals surface area contributed by atoms with E-state index in [1.54, 1.807) is 21.3 Å². The first-order valence-electron chi connectivity index (χ1n) is 5.90. The lowest BCUT2D eigenvalue weighted by Gasteiger charge is -2.28. The summed E-state index contributed by atoms with van der Waals surface area (Å²) in [5.41, 5.74) is 7.19. The quantitative estimate of drug-likeness (QED) is 0.896. The molecule has 1 atom stereocenters. The molecule has 0 saturated heterocycles. The van der Waals surface area contributed by atoms with E-state index >= 15 is 0 Å². The minimum atomic E-state index is -0.105. The Balaban J connectivity index is 3.32. The van der Waals surface area contributed by atoms with Crippen LogP contribution in [0.3, 0.4) is 0 Å². The Morgan fingerprint density at radius 1 is 0.944 bits per heavy atom. The molecule has 0 aliphatic carbocycles. The maximum atomic E-state index is 6.26. The zero-order valence-electron chi connectivity index (χ0n) is 12.0. The predicted octanol–water partition coefficient (Wildman–Crippen LogP) is 2.76. The van der Waals surface area contributed by atoms with Gasteiger partial charge in [0.2, 0.25) is 5.75 Å². The van der Waals surface area contributed by atoms with Crippen molar-refractivity contribution in [1.82, 2.24) is 0 Å². The topological polar surface area (TPSA) is 53.7 Å². The Morgan fingerprint density at radius 3 is 1.67 bits per heavy atom. The molecule has 0 radical (unpaired) electrons. The Hall–Kier alpha value is -1.42. The zero-order valence-corrected chi connectivity index (χ0v) is 12.0. The van der Waals surface area contributed by atoms with Crippen LogP contribution >= 0.6 is 0 Å². The molecule has 4 nitrogen and oxygen atoms in total. The molecule has 0 amide bonds. The van der Waals surface area contributed by atoms with Gasteiger partial charge in [0.25, 0.3) is 0 Å². The molecule has 1 aromatic rings. The number of hydrogen-bond donors (Lipinski definition) is 1. The average molecular weight is 253 g/mol. The summed E-state index contributed by atoms with van der Waals surface area (Å²) < 4.78 is 15.9. The average Bonchev–Trinajstić information content (AvgIpc) is 2.34.